The minimum atomic E-state index is -0.451. The van der Waals surface area contributed by atoms with E-state index in [-0.39, 0.29) is 23.5 Å². The first-order valence-electron chi connectivity index (χ1n) is 10.6. The summed E-state index contributed by atoms with van der Waals surface area (Å²) >= 11 is 0. The molecule has 158 valence electrons. The molecule has 1 unspecified atom stereocenters. The minimum absolute atomic E-state index is 0.0479. The van der Waals surface area contributed by atoms with Crippen LogP contribution in [-0.4, -0.2) is 86.9 Å². The fourth-order valence-corrected chi connectivity index (χ4v) is 5.88. The van der Waals surface area contributed by atoms with Crippen LogP contribution < -0.4 is 16.0 Å². The Morgan fingerprint density at radius 3 is 2.71 bits per heavy atom. The summed E-state index contributed by atoms with van der Waals surface area (Å²) in [6.45, 7) is 7.30. The first-order chi connectivity index (χ1) is 13.4. The normalized spacial score (nSPS) is 36.3. The number of nitrogens with one attached hydrogen (secondary N) is 3. The zero-order chi connectivity index (χ0) is 19.8. The van der Waals surface area contributed by atoms with E-state index >= 15 is 0 Å². The number of methoxy groups -OCH3 is 1. The van der Waals surface area contributed by atoms with Crippen molar-refractivity contribution in [2.45, 2.75) is 56.3 Å². The van der Waals surface area contributed by atoms with Crippen molar-refractivity contribution in [1.82, 2.24) is 20.9 Å². The van der Waals surface area contributed by atoms with E-state index in [9.17, 15) is 9.59 Å². The zero-order valence-corrected chi connectivity index (χ0v) is 17.1. The largest absolute Gasteiger partial charge is 0.383 e. The molecule has 28 heavy (non-hydrogen) atoms. The van der Waals surface area contributed by atoms with Gasteiger partial charge in [0.1, 0.15) is 0 Å². The fourth-order valence-electron chi connectivity index (χ4n) is 5.88. The van der Waals surface area contributed by atoms with E-state index in [0.717, 1.165) is 58.6 Å². The molecule has 2 bridgehead atoms. The fraction of sp³-hybridized carbons (Fsp3) is 0.900. The van der Waals surface area contributed by atoms with Gasteiger partial charge in [-0.2, -0.15) is 0 Å². The van der Waals surface area contributed by atoms with Gasteiger partial charge in [-0.3, -0.25) is 14.5 Å². The first kappa shape index (κ1) is 20.1. The molecule has 0 aromatic carbocycles. The number of piperidine rings is 1. The summed E-state index contributed by atoms with van der Waals surface area (Å²) in [5.74, 6) is 0.109. The second kappa shape index (κ2) is 7.55. The molecule has 3 N–H and O–H groups in total. The summed E-state index contributed by atoms with van der Waals surface area (Å²) in [7, 11) is 1.72. The molecular formula is C20H34N4O4. The maximum Gasteiger partial charge on any atom is 0.229 e. The van der Waals surface area contributed by atoms with Crippen LogP contribution in [0.2, 0.25) is 0 Å². The number of likely N-dealkylation sites (tertiary alicyclic amines) is 1. The molecule has 5 fully saturated rings. The molecule has 4 aliphatic heterocycles. The number of hydrogen-bond acceptors (Lipinski definition) is 6. The molecule has 5 aliphatic rings. The lowest BCUT2D eigenvalue weighted by Crippen LogP contribution is -2.63. The van der Waals surface area contributed by atoms with E-state index in [1.807, 2.05) is 0 Å². The lowest BCUT2D eigenvalue weighted by atomic mass is 9.53. The Balaban J connectivity index is 1.43. The third kappa shape index (κ3) is 3.34. The van der Waals surface area contributed by atoms with Gasteiger partial charge in [0.05, 0.1) is 23.2 Å². The minimum Gasteiger partial charge on any atom is -0.383 e. The highest BCUT2D eigenvalue weighted by Gasteiger charge is 2.77. The quantitative estimate of drug-likeness (QED) is 0.546. The van der Waals surface area contributed by atoms with Crippen LogP contribution in [0.4, 0.5) is 0 Å². The van der Waals surface area contributed by atoms with E-state index < -0.39 is 11.0 Å². The molecular weight excluding hydrogens is 360 g/mol. The molecule has 1 aliphatic carbocycles. The van der Waals surface area contributed by atoms with Gasteiger partial charge >= 0.3 is 0 Å². The number of hydrogen-bond donors (Lipinski definition) is 3. The third-order valence-corrected chi connectivity index (χ3v) is 7.26. The zero-order valence-electron chi connectivity index (χ0n) is 17.1. The second-order valence-electron chi connectivity index (χ2n) is 9.13. The van der Waals surface area contributed by atoms with Crippen molar-refractivity contribution in [3.8, 4) is 0 Å². The molecule has 2 amide bonds. The van der Waals surface area contributed by atoms with Crippen molar-refractivity contribution in [3.05, 3.63) is 0 Å². The standard InChI is InChI=1S/C20H34N4O4/c1-15(25)22-14-18-12-19(13-18,20(28-18)4-6-21-7-5-20)17(26)23-16-3-8-24(11-16)9-10-27-2/h16,21H,3-14H2,1-2H3,(H,22,25)(H,23,26). The molecule has 0 aromatic heterocycles. The smallest absolute Gasteiger partial charge is 0.229 e. The topological polar surface area (TPSA) is 91.9 Å². The summed E-state index contributed by atoms with van der Waals surface area (Å²) in [5.41, 5.74) is -1.22. The van der Waals surface area contributed by atoms with E-state index in [1.165, 1.54) is 6.92 Å². The molecule has 8 nitrogen and oxygen atoms in total. The summed E-state index contributed by atoms with van der Waals surface area (Å²) in [6, 6.07) is 0.198. The molecule has 5 rings (SSSR count). The van der Waals surface area contributed by atoms with Gasteiger partial charge in [-0.15, -0.1) is 0 Å². The Hall–Kier alpha value is -1.22. The molecule has 4 saturated heterocycles. The predicted octanol–water partition coefficient (Wildman–Crippen LogP) is -0.369. The summed E-state index contributed by atoms with van der Waals surface area (Å²) < 4.78 is 11.8. The van der Waals surface area contributed by atoms with E-state index in [0.29, 0.717) is 19.4 Å². The van der Waals surface area contributed by atoms with Gasteiger partial charge in [-0.25, -0.2) is 0 Å². The van der Waals surface area contributed by atoms with Gasteiger partial charge in [0.15, 0.2) is 0 Å². The average Bonchev–Trinajstić information content (AvgIpc) is 3.27. The number of ether oxygens (including phenoxy) is 2. The van der Waals surface area contributed by atoms with Gasteiger partial charge in [0.2, 0.25) is 11.8 Å². The number of carbonyl (C=O) groups excluding carboxylic acids is 2. The lowest BCUT2D eigenvalue weighted by Gasteiger charge is -2.48. The maximum absolute atomic E-state index is 13.5. The highest BCUT2D eigenvalue weighted by atomic mass is 16.5. The van der Waals surface area contributed by atoms with Crippen LogP contribution in [0.15, 0.2) is 0 Å². The Labute approximate surface area is 167 Å². The molecule has 8 heteroatoms. The monoisotopic (exact) mass is 394 g/mol. The van der Waals surface area contributed by atoms with Crippen molar-refractivity contribution in [2.75, 3.05) is 53.0 Å². The van der Waals surface area contributed by atoms with Crippen LogP contribution in [0.1, 0.15) is 39.0 Å². The summed E-state index contributed by atoms with van der Waals surface area (Å²) in [6.07, 6.45) is 4.12. The molecule has 0 aromatic rings. The highest BCUT2D eigenvalue weighted by molar-refractivity contribution is 5.87. The number of nitrogens with zero attached hydrogens (tertiary/aromatic N) is 1. The van der Waals surface area contributed by atoms with Gasteiger partial charge in [-0.05, 0) is 45.2 Å². The summed E-state index contributed by atoms with van der Waals surface area (Å²) in [4.78, 5) is 27.2. The predicted molar refractivity (Wildman–Crippen MR) is 104 cm³/mol. The van der Waals surface area contributed by atoms with Crippen LogP contribution in [-0.2, 0) is 19.1 Å². The lowest BCUT2D eigenvalue weighted by molar-refractivity contribution is -0.141. The molecule has 1 atom stereocenters. The Kier molecular flexibility index (Phi) is 5.41. The average molecular weight is 395 g/mol. The maximum atomic E-state index is 13.5. The number of carbonyl (C=O) groups is 2. The SMILES string of the molecule is COCCN1CCC(NC(=O)C23CC(CNC(C)=O)(C2)OC32CCNCC2)C1. The molecule has 1 saturated carbocycles. The van der Waals surface area contributed by atoms with Crippen molar-refractivity contribution in [3.63, 3.8) is 0 Å². The van der Waals surface area contributed by atoms with E-state index in [1.54, 1.807) is 7.11 Å². The van der Waals surface area contributed by atoms with Gasteiger partial charge in [0, 0.05) is 46.3 Å². The van der Waals surface area contributed by atoms with Gasteiger partial charge in [0.25, 0.3) is 0 Å². The Morgan fingerprint density at radius 1 is 1.29 bits per heavy atom. The molecule has 1 spiro atoms. The van der Waals surface area contributed by atoms with Gasteiger partial charge < -0.3 is 25.4 Å². The number of amides is 2. The Bertz CT molecular complexity index is 613. The van der Waals surface area contributed by atoms with Crippen molar-refractivity contribution in [1.29, 1.82) is 0 Å². The second-order valence-corrected chi connectivity index (χ2v) is 9.13. The first-order valence-corrected chi connectivity index (χ1v) is 10.6. The highest BCUT2D eigenvalue weighted by Crippen LogP contribution is 2.69. The van der Waals surface area contributed by atoms with E-state index in [2.05, 4.69) is 20.9 Å². The van der Waals surface area contributed by atoms with Gasteiger partial charge in [-0.1, -0.05) is 0 Å². The van der Waals surface area contributed by atoms with Crippen LogP contribution in [0, 0.1) is 5.41 Å². The van der Waals surface area contributed by atoms with Crippen LogP contribution in [0.25, 0.3) is 0 Å². The molecule has 4 heterocycles. The van der Waals surface area contributed by atoms with Crippen molar-refractivity contribution in [2.24, 2.45) is 5.41 Å². The Morgan fingerprint density at radius 2 is 2.04 bits per heavy atom. The van der Waals surface area contributed by atoms with Crippen LogP contribution in [0.5, 0.6) is 0 Å². The number of rotatable bonds is 7. The van der Waals surface area contributed by atoms with Crippen molar-refractivity contribution < 1.29 is 19.1 Å². The van der Waals surface area contributed by atoms with E-state index in [4.69, 9.17) is 9.47 Å². The third-order valence-electron chi connectivity index (χ3n) is 7.26. The molecule has 0 radical (unpaired) electrons. The summed E-state index contributed by atoms with van der Waals surface area (Å²) in [5, 5.41) is 9.66. The van der Waals surface area contributed by atoms with Crippen LogP contribution >= 0.6 is 0 Å². The van der Waals surface area contributed by atoms with Crippen molar-refractivity contribution >= 4 is 11.8 Å². The van der Waals surface area contributed by atoms with Crippen LogP contribution in [0.3, 0.4) is 0 Å².